The van der Waals surface area contributed by atoms with Gasteiger partial charge in [-0.3, -0.25) is 4.79 Å². The molecule has 0 fully saturated rings. The van der Waals surface area contributed by atoms with Gasteiger partial charge in [-0.25, -0.2) is 0 Å². The van der Waals surface area contributed by atoms with Crippen molar-refractivity contribution in [2.45, 2.75) is 13.3 Å². The Bertz CT molecular complexity index is 362. The smallest absolute Gasteiger partial charge is 0.254 e. The van der Waals surface area contributed by atoms with Crippen molar-refractivity contribution >= 4 is 21.8 Å². The van der Waals surface area contributed by atoms with E-state index in [1.165, 1.54) is 0 Å². The van der Waals surface area contributed by atoms with Crippen LogP contribution in [-0.4, -0.2) is 36.3 Å². The largest absolute Gasteiger partial charge is 0.497 e. The van der Waals surface area contributed by atoms with Crippen LogP contribution in [0.2, 0.25) is 0 Å². The van der Waals surface area contributed by atoms with E-state index in [-0.39, 0.29) is 5.91 Å². The molecule has 0 aliphatic rings. The summed E-state index contributed by atoms with van der Waals surface area (Å²) in [5.41, 5.74) is 0.679. The van der Waals surface area contributed by atoms with Crippen molar-refractivity contribution in [1.29, 1.82) is 0 Å². The molecular weight excluding hydrogens is 282 g/mol. The summed E-state index contributed by atoms with van der Waals surface area (Å²) in [4.78, 5) is 14.1. The Morgan fingerprint density at radius 2 is 2.18 bits per heavy atom. The van der Waals surface area contributed by atoms with Gasteiger partial charge in [0, 0.05) is 24.0 Å². The van der Waals surface area contributed by atoms with E-state index in [1.807, 2.05) is 23.1 Å². The highest BCUT2D eigenvalue weighted by Crippen LogP contribution is 2.14. The van der Waals surface area contributed by atoms with Gasteiger partial charge in [0.2, 0.25) is 0 Å². The molecule has 3 nitrogen and oxygen atoms in total. The molecule has 1 aromatic rings. The van der Waals surface area contributed by atoms with E-state index in [9.17, 15) is 4.79 Å². The first-order chi connectivity index (χ1) is 8.22. The highest BCUT2D eigenvalue weighted by molar-refractivity contribution is 9.09. The van der Waals surface area contributed by atoms with E-state index in [2.05, 4.69) is 22.9 Å². The minimum Gasteiger partial charge on any atom is -0.497 e. The summed E-state index contributed by atoms with van der Waals surface area (Å²) in [6.45, 7) is 3.58. The van der Waals surface area contributed by atoms with Crippen LogP contribution in [0.15, 0.2) is 24.3 Å². The molecule has 94 valence electrons. The van der Waals surface area contributed by atoms with Crippen LogP contribution in [0.4, 0.5) is 0 Å². The third-order valence-electron chi connectivity index (χ3n) is 2.45. The number of halogens is 1. The number of ether oxygens (including phenoxy) is 1. The van der Waals surface area contributed by atoms with E-state index in [1.54, 1.807) is 13.2 Å². The molecule has 0 bridgehead atoms. The molecule has 0 unspecified atom stereocenters. The molecule has 4 heteroatoms. The number of rotatable bonds is 6. The molecule has 1 rings (SSSR count). The summed E-state index contributed by atoms with van der Waals surface area (Å²) in [5, 5.41) is 0.794. The van der Waals surface area contributed by atoms with Crippen LogP contribution in [0.25, 0.3) is 0 Å². The maximum Gasteiger partial charge on any atom is 0.254 e. The van der Waals surface area contributed by atoms with Gasteiger partial charge in [-0.05, 0) is 24.6 Å². The number of benzene rings is 1. The molecule has 1 aromatic carbocycles. The molecule has 0 saturated heterocycles. The Morgan fingerprint density at radius 3 is 2.76 bits per heavy atom. The first kappa shape index (κ1) is 14.0. The monoisotopic (exact) mass is 299 g/mol. The van der Waals surface area contributed by atoms with Crippen LogP contribution in [0.3, 0.4) is 0 Å². The number of nitrogens with zero attached hydrogens (tertiary/aromatic N) is 1. The van der Waals surface area contributed by atoms with Crippen molar-refractivity contribution in [3.63, 3.8) is 0 Å². The van der Waals surface area contributed by atoms with Gasteiger partial charge in [0.25, 0.3) is 5.91 Å². The van der Waals surface area contributed by atoms with Gasteiger partial charge >= 0.3 is 0 Å². The summed E-state index contributed by atoms with van der Waals surface area (Å²) in [6, 6.07) is 7.27. The third-order valence-corrected chi connectivity index (χ3v) is 2.81. The van der Waals surface area contributed by atoms with Gasteiger partial charge in [-0.15, -0.1) is 0 Å². The van der Waals surface area contributed by atoms with Crippen LogP contribution in [0.5, 0.6) is 5.75 Å². The average Bonchev–Trinajstić information content (AvgIpc) is 2.38. The summed E-state index contributed by atoms with van der Waals surface area (Å²) in [6.07, 6.45) is 0.961. The number of hydrogen-bond donors (Lipinski definition) is 0. The number of carbonyl (C=O) groups is 1. The van der Waals surface area contributed by atoms with Gasteiger partial charge < -0.3 is 9.64 Å². The summed E-state index contributed by atoms with van der Waals surface area (Å²) >= 11 is 3.37. The number of methoxy groups -OCH3 is 1. The predicted molar refractivity (Wildman–Crippen MR) is 73.0 cm³/mol. The highest BCUT2D eigenvalue weighted by atomic mass is 79.9. The van der Waals surface area contributed by atoms with Crippen LogP contribution >= 0.6 is 15.9 Å². The molecule has 0 N–H and O–H groups in total. The van der Waals surface area contributed by atoms with Crippen molar-refractivity contribution in [3.05, 3.63) is 29.8 Å². The molecule has 0 aromatic heterocycles. The molecule has 0 radical (unpaired) electrons. The first-order valence-electron chi connectivity index (χ1n) is 5.72. The van der Waals surface area contributed by atoms with Crippen LogP contribution < -0.4 is 4.74 Å². The average molecular weight is 300 g/mol. The van der Waals surface area contributed by atoms with E-state index < -0.39 is 0 Å². The van der Waals surface area contributed by atoms with Crippen LogP contribution in [-0.2, 0) is 0 Å². The molecular formula is C13H18BrNO2. The Hall–Kier alpha value is -1.03. The number of amides is 1. The fourth-order valence-electron chi connectivity index (χ4n) is 1.63. The fourth-order valence-corrected chi connectivity index (χ4v) is 2.05. The van der Waals surface area contributed by atoms with Crippen molar-refractivity contribution in [2.75, 3.05) is 25.5 Å². The molecule has 0 heterocycles. The van der Waals surface area contributed by atoms with Crippen molar-refractivity contribution in [1.82, 2.24) is 4.90 Å². The SMILES string of the molecule is CCCN(CCBr)C(=O)c1cccc(OC)c1. The lowest BCUT2D eigenvalue weighted by atomic mass is 10.2. The Morgan fingerprint density at radius 1 is 1.41 bits per heavy atom. The Balaban J connectivity index is 2.84. The van der Waals surface area contributed by atoms with Gasteiger partial charge in [-0.2, -0.15) is 0 Å². The van der Waals surface area contributed by atoms with Gasteiger partial charge in [0.1, 0.15) is 5.75 Å². The number of alkyl halides is 1. The van der Waals surface area contributed by atoms with E-state index in [0.29, 0.717) is 11.3 Å². The zero-order chi connectivity index (χ0) is 12.7. The predicted octanol–water partition coefficient (Wildman–Crippen LogP) is 2.94. The lowest BCUT2D eigenvalue weighted by Gasteiger charge is -2.21. The normalized spacial score (nSPS) is 10.1. The topological polar surface area (TPSA) is 29.5 Å². The van der Waals surface area contributed by atoms with Gasteiger partial charge in [-0.1, -0.05) is 28.9 Å². The summed E-state index contributed by atoms with van der Waals surface area (Å²) in [5.74, 6) is 0.774. The standard InChI is InChI=1S/C13H18BrNO2/c1-3-8-15(9-7-14)13(16)11-5-4-6-12(10-11)17-2/h4-6,10H,3,7-9H2,1-2H3. The van der Waals surface area contributed by atoms with E-state index in [4.69, 9.17) is 4.74 Å². The zero-order valence-corrected chi connectivity index (χ0v) is 11.9. The minimum atomic E-state index is 0.0604. The molecule has 0 spiro atoms. The second-order valence-electron chi connectivity index (χ2n) is 3.71. The van der Waals surface area contributed by atoms with Gasteiger partial charge in [0.15, 0.2) is 0 Å². The van der Waals surface area contributed by atoms with E-state index in [0.717, 1.165) is 24.8 Å². The zero-order valence-electron chi connectivity index (χ0n) is 10.3. The molecule has 0 aliphatic carbocycles. The maximum absolute atomic E-state index is 12.2. The maximum atomic E-state index is 12.2. The molecule has 0 atom stereocenters. The van der Waals surface area contributed by atoms with Crippen molar-refractivity contribution in [2.24, 2.45) is 0 Å². The van der Waals surface area contributed by atoms with E-state index >= 15 is 0 Å². The molecule has 0 aliphatic heterocycles. The quantitative estimate of drug-likeness (QED) is 0.756. The lowest BCUT2D eigenvalue weighted by molar-refractivity contribution is 0.0766. The third kappa shape index (κ3) is 4.04. The second kappa shape index (κ2) is 7.33. The van der Waals surface area contributed by atoms with Crippen LogP contribution in [0, 0.1) is 0 Å². The second-order valence-corrected chi connectivity index (χ2v) is 4.51. The summed E-state index contributed by atoms with van der Waals surface area (Å²) < 4.78 is 5.12. The first-order valence-corrected chi connectivity index (χ1v) is 6.84. The molecule has 1 amide bonds. The number of carbonyl (C=O) groups excluding carboxylic acids is 1. The molecule has 0 saturated carbocycles. The summed E-state index contributed by atoms with van der Waals surface area (Å²) in [7, 11) is 1.60. The molecule has 17 heavy (non-hydrogen) atoms. The van der Waals surface area contributed by atoms with Gasteiger partial charge in [0.05, 0.1) is 7.11 Å². The Labute approximate surface area is 111 Å². The lowest BCUT2D eigenvalue weighted by Crippen LogP contribution is -2.33. The van der Waals surface area contributed by atoms with Crippen LogP contribution in [0.1, 0.15) is 23.7 Å². The van der Waals surface area contributed by atoms with Crippen molar-refractivity contribution < 1.29 is 9.53 Å². The Kier molecular flexibility index (Phi) is 6.05. The highest BCUT2D eigenvalue weighted by Gasteiger charge is 2.14. The number of hydrogen-bond acceptors (Lipinski definition) is 2. The fraction of sp³-hybridized carbons (Fsp3) is 0.462. The van der Waals surface area contributed by atoms with Crippen molar-refractivity contribution in [3.8, 4) is 5.75 Å². The minimum absolute atomic E-state index is 0.0604.